The van der Waals surface area contributed by atoms with E-state index in [1.54, 1.807) is 30.0 Å². The van der Waals surface area contributed by atoms with Crippen LogP contribution in [-0.4, -0.2) is 46.8 Å². The first-order valence-electron chi connectivity index (χ1n) is 8.03. The molecule has 1 aliphatic rings. The van der Waals surface area contributed by atoms with Gasteiger partial charge in [-0.05, 0) is 31.2 Å². The summed E-state index contributed by atoms with van der Waals surface area (Å²) in [6.45, 7) is 1.89. The predicted octanol–water partition coefficient (Wildman–Crippen LogP) is 3.45. The Morgan fingerprint density at radius 2 is 1.88 bits per heavy atom. The number of amides is 2. The van der Waals surface area contributed by atoms with Gasteiger partial charge in [0.1, 0.15) is 11.6 Å². The van der Waals surface area contributed by atoms with E-state index in [2.05, 4.69) is 10.4 Å². The number of nitrogens with one attached hydrogen (secondary N) is 1. The lowest BCUT2D eigenvalue weighted by Gasteiger charge is -2.31. The van der Waals surface area contributed by atoms with Crippen LogP contribution in [0.3, 0.4) is 0 Å². The molecule has 1 saturated heterocycles. The fourth-order valence-electron chi connectivity index (χ4n) is 2.73. The number of ether oxygens (including phenoxy) is 1. The molecule has 1 fully saturated rings. The average molecular weight is 350 g/mol. The highest BCUT2D eigenvalue weighted by molar-refractivity contribution is 5.88. The summed E-state index contributed by atoms with van der Waals surface area (Å²) in [5, 5.41) is 7.15. The van der Waals surface area contributed by atoms with Gasteiger partial charge in [-0.2, -0.15) is 5.10 Å². The van der Waals surface area contributed by atoms with Crippen LogP contribution in [0.15, 0.2) is 30.3 Å². The number of methoxy groups -OCH3 is 1. The van der Waals surface area contributed by atoms with Crippen molar-refractivity contribution in [3.63, 3.8) is 0 Å². The van der Waals surface area contributed by atoms with Gasteiger partial charge in [-0.3, -0.25) is 5.32 Å². The Morgan fingerprint density at radius 3 is 2.48 bits per heavy atom. The smallest absolute Gasteiger partial charge is 0.323 e. The van der Waals surface area contributed by atoms with Crippen LogP contribution >= 0.6 is 0 Å². The molecule has 0 saturated carbocycles. The third-order valence-electron chi connectivity index (χ3n) is 4.17. The molecule has 3 rings (SSSR count). The van der Waals surface area contributed by atoms with Crippen LogP contribution in [0.2, 0.25) is 0 Å². The molecular weight excluding hydrogens is 330 g/mol. The third kappa shape index (κ3) is 3.89. The highest BCUT2D eigenvalue weighted by atomic mass is 19.3. The first-order valence-corrected chi connectivity index (χ1v) is 8.03. The number of rotatable bonds is 3. The molecule has 134 valence electrons. The van der Waals surface area contributed by atoms with Gasteiger partial charge >= 0.3 is 6.03 Å². The maximum absolute atomic E-state index is 13.2. The monoisotopic (exact) mass is 350 g/mol. The molecule has 0 bridgehead atoms. The zero-order valence-corrected chi connectivity index (χ0v) is 14.1. The number of benzene rings is 1. The molecule has 2 amide bonds. The number of aromatic nitrogens is 2. The summed E-state index contributed by atoms with van der Waals surface area (Å²) in [4.78, 5) is 13.8. The topological polar surface area (TPSA) is 59.4 Å². The number of anilines is 1. The van der Waals surface area contributed by atoms with E-state index in [4.69, 9.17) is 4.74 Å². The van der Waals surface area contributed by atoms with E-state index in [0.29, 0.717) is 11.6 Å². The second-order valence-corrected chi connectivity index (χ2v) is 6.05. The number of carbonyl (C=O) groups is 1. The van der Waals surface area contributed by atoms with Crippen LogP contribution in [0.5, 0.6) is 5.75 Å². The van der Waals surface area contributed by atoms with Gasteiger partial charge in [0.15, 0.2) is 0 Å². The molecule has 2 heterocycles. The Labute approximate surface area is 144 Å². The van der Waals surface area contributed by atoms with E-state index in [-0.39, 0.29) is 25.9 Å². The zero-order chi connectivity index (χ0) is 18.0. The summed E-state index contributed by atoms with van der Waals surface area (Å²) in [6, 6.07) is 8.57. The van der Waals surface area contributed by atoms with Crippen LogP contribution in [-0.2, 0) is 0 Å². The lowest BCUT2D eigenvalue weighted by molar-refractivity contribution is -0.0461. The van der Waals surface area contributed by atoms with Crippen LogP contribution < -0.4 is 10.1 Å². The molecule has 2 aromatic rings. The van der Waals surface area contributed by atoms with Gasteiger partial charge in [-0.15, -0.1) is 0 Å². The molecule has 8 heteroatoms. The van der Waals surface area contributed by atoms with Crippen LogP contribution in [0.25, 0.3) is 5.69 Å². The molecule has 0 radical (unpaired) electrons. The van der Waals surface area contributed by atoms with Crippen molar-refractivity contribution >= 4 is 11.8 Å². The molecule has 0 unspecified atom stereocenters. The number of halogens is 2. The first kappa shape index (κ1) is 17.2. The van der Waals surface area contributed by atoms with E-state index >= 15 is 0 Å². The highest BCUT2D eigenvalue weighted by Gasteiger charge is 2.35. The van der Waals surface area contributed by atoms with Crippen LogP contribution in [0, 0.1) is 6.92 Å². The molecule has 6 nitrogen and oxygen atoms in total. The Balaban J connectivity index is 1.75. The van der Waals surface area contributed by atoms with Crippen molar-refractivity contribution in [2.24, 2.45) is 0 Å². The standard InChI is InChI=1S/C17H20F2N4O2/c1-12-11-15(20-16(24)22-9-7-17(18,19)8-10-22)23(21-12)13-3-5-14(25-2)6-4-13/h3-6,11H,7-10H2,1-2H3,(H,20,24). The largest absolute Gasteiger partial charge is 0.497 e. The fraction of sp³-hybridized carbons (Fsp3) is 0.412. The summed E-state index contributed by atoms with van der Waals surface area (Å²) in [7, 11) is 1.58. The number of aryl methyl sites for hydroxylation is 1. The van der Waals surface area contributed by atoms with E-state index in [1.807, 2.05) is 19.1 Å². The lowest BCUT2D eigenvalue weighted by Crippen LogP contribution is -2.44. The second kappa shape index (κ2) is 6.70. The number of carbonyl (C=O) groups excluding carboxylic acids is 1. The van der Waals surface area contributed by atoms with Gasteiger partial charge in [-0.1, -0.05) is 0 Å². The molecule has 0 aliphatic carbocycles. The van der Waals surface area contributed by atoms with Crippen molar-refractivity contribution in [1.29, 1.82) is 0 Å². The minimum Gasteiger partial charge on any atom is -0.497 e. The van der Waals surface area contributed by atoms with Gasteiger partial charge in [0.05, 0.1) is 18.5 Å². The van der Waals surface area contributed by atoms with Gasteiger partial charge in [-0.25, -0.2) is 18.3 Å². The maximum Gasteiger partial charge on any atom is 0.323 e. The number of alkyl halides is 2. The molecule has 0 spiro atoms. The number of likely N-dealkylation sites (tertiary alicyclic amines) is 1. The molecular formula is C17H20F2N4O2. The summed E-state index contributed by atoms with van der Waals surface area (Å²) < 4.78 is 33.2. The fourth-order valence-corrected chi connectivity index (χ4v) is 2.73. The van der Waals surface area contributed by atoms with Crippen molar-refractivity contribution in [2.45, 2.75) is 25.7 Å². The number of hydrogen-bond donors (Lipinski definition) is 1. The van der Waals surface area contributed by atoms with Crippen molar-refractivity contribution in [2.75, 3.05) is 25.5 Å². The molecule has 25 heavy (non-hydrogen) atoms. The molecule has 1 aromatic heterocycles. The second-order valence-electron chi connectivity index (χ2n) is 6.05. The van der Waals surface area contributed by atoms with E-state index in [0.717, 1.165) is 11.4 Å². The summed E-state index contributed by atoms with van der Waals surface area (Å²) in [6.07, 6.45) is -0.617. The van der Waals surface area contributed by atoms with Crippen molar-refractivity contribution in [1.82, 2.24) is 14.7 Å². The molecule has 1 aromatic carbocycles. The number of urea groups is 1. The van der Waals surface area contributed by atoms with E-state index in [9.17, 15) is 13.6 Å². The average Bonchev–Trinajstić information content (AvgIpc) is 2.95. The van der Waals surface area contributed by atoms with Crippen molar-refractivity contribution in [3.05, 3.63) is 36.0 Å². The maximum atomic E-state index is 13.2. The quantitative estimate of drug-likeness (QED) is 0.922. The number of hydrogen-bond acceptors (Lipinski definition) is 3. The third-order valence-corrected chi connectivity index (χ3v) is 4.17. The van der Waals surface area contributed by atoms with Crippen molar-refractivity contribution in [3.8, 4) is 11.4 Å². The van der Waals surface area contributed by atoms with Crippen LogP contribution in [0.1, 0.15) is 18.5 Å². The molecule has 0 atom stereocenters. The van der Waals surface area contributed by atoms with E-state index in [1.165, 1.54) is 4.90 Å². The Kier molecular flexibility index (Phi) is 4.61. The lowest BCUT2D eigenvalue weighted by atomic mass is 10.1. The Hall–Kier alpha value is -2.64. The Bertz CT molecular complexity index is 749. The van der Waals surface area contributed by atoms with Crippen LogP contribution in [0.4, 0.5) is 19.4 Å². The predicted molar refractivity (Wildman–Crippen MR) is 89.6 cm³/mol. The zero-order valence-electron chi connectivity index (χ0n) is 14.1. The normalized spacial score (nSPS) is 16.6. The minimum atomic E-state index is -2.68. The molecule has 1 N–H and O–H groups in total. The first-order chi connectivity index (χ1) is 11.9. The van der Waals surface area contributed by atoms with Gasteiger partial charge in [0.25, 0.3) is 5.92 Å². The summed E-state index contributed by atoms with van der Waals surface area (Å²) >= 11 is 0. The van der Waals surface area contributed by atoms with E-state index < -0.39 is 12.0 Å². The van der Waals surface area contributed by atoms with Gasteiger partial charge in [0.2, 0.25) is 0 Å². The minimum absolute atomic E-state index is 0.0362. The number of piperidine rings is 1. The summed E-state index contributed by atoms with van der Waals surface area (Å²) in [5.41, 5.74) is 1.49. The van der Waals surface area contributed by atoms with Gasteiger partial charge in [0, 0.05) is 32.0 Å². The van der Waals surface area contributed by atoms with Gasteiger partial charge < -0.3 is 9.64 Å². The summed E-state index contributed by atoms with van der Waals surface area (Å²) in [5.74, 6) is -1.48. The van der Waals surface area contributed by atoms with Crippen molar-refractivity contribution < 1.29 is 18.3 Å². The highest BCUT2D eigenvalue weighted by Crippen LogP contribution is 2.28. The molecule has 1 aliphatic heterocycles. The SMILES string of the molecule is COc1ccc(-n2nc(C)cc2NC(=O)N2CCC(F)(F)CC2)cc1. The Morgan fingerprint density at radius 1 is 1.24 bits per heavy atom. The number of nitrogens with zero attached hydrogens (tertiary/aromatic N) is 3.